The number of hydrogen-bond donors (Lipinski definition) is 0. The summed E-state index contributed by atoms with van der Waals surface area (Å²) in [5.41, 5.74) is 3.35. The normalized spacial score (nSPS) is 21.6. The average Bonchev–Trinajstić information content (AvgIpc) is 3.28. The Kier molecular flexibility index (Phi) is 6.12. The van der Waals surface area contributed by atoms with Crippen molar-refractivity contribution in [2.24, 2.45) is 0 Å². The highest BCUT2D eigenvalue weighted by atomic mass is 35.5. The van der Waals surface area contributed by atoms with Crippen molar-refractivity contribution in [1.82, 2.24) is 9.80 Å². The molecule has 0 radical (unpaired) electrons. The minimum absolute atomic E-state index is 0.0296. The van der Waals surface area contributed by atoms with E-state index in [0.717, 1.165) is 37.2 Å². The molecule has 0 aromatic heterocycles. The number of hydrogen-bond acceptors (Lipinski definition) is 3. The van der Waals surface area contributed by atoms with Gasteiger partial charge in [-0.2, -0.15) is 0 Å². The molecule has 154 valence electrons. The van der Waals surface area contributed by atoms with Crippen LogP contribution in [0.1, 0.15) is 42.0 Å². The van der Waals surface area contributed by atoms with Crippen molar-refractivity contribution in [2.75, 3.05) is 27.2 Å². The van der Waals surface area contributed by atoms with Crippen molar-refractivity contribution < 1.29 is 9.53 Å². The third-order valence-corrected chi connectivity index (χ3v) is 6.85. The van der Waals surface area contributed by atoms with Gasteiger partial charge in [0.15, 0.2) is 0 Å². The quantitative estimate of drug-likeness (QED) is 0.724. The van der Waals surface area contributed by atoms with Crippen LogP contribution in [0.15, 0.2) is 42.5 Å². The summed E-state index contributed by atoms with van der Waals surface area (Å²) in [6.07, 6.45) is 4.83. The minimum Gasteiger partial charge on any atom is -0.496 e. The van der Waals surface area contributed by atoms with Gasteiger partial charge in [0.1, 0.15) is 5.75 Å². The van der Waals surface area contributed by atoms with Gasteiger partial charge in [0.25, 0.3) is 0 Å². The van der Waals surface area contributed by atoms with Gasteiger partial charge >= 0.3 is 0 Å². The lowest BCUT2D eigenvalue weighted by Crippen LogP contribution is -2.48. The van der Waals surface area contributed by atoms with Gasteiger partial charge in [-0.05, 0) is 67.6 Å². The maximum atomic E-state index is 13.3. The Hall–Kier alpha value is -2.04. The maximum absolute atomic E-state index is 13.3. The van der Waals surface area contributed by atoms with Crippen LogP contribution < -0.4 is 4.74 Å². The van der Waals surface area contributed by atoms with Gasteiger partial charge in [0.2, 0.25) is 5.91 Å². The largest absolute Gasteiger partial charge is 0.496 e. The molecule has 4 nitrogen and oxygen atoms in total. The Bertz CT molecular complexity index is 879. The van der Waals surface area contributed by atoms with E-state index in [2.05, 4.69) is 11.0 Å². The summed E-state index contributed by atoms with van der Waals surface area (Å²) in [5.74, 6) is 1.03. The molecule has 5 heteroatoms. The van der Waals surface area contributed by atoms with Gasteiger partial charge < -0.3 is 9.64 Å². The Labute approximate surface area is 178 Å². The first-order chi connectivity index (χ1) is 14.1. The van der Waals surface area contributed by atoms with Crippen LogP contribution in [0.3, 0.4) is 0 Å². The fraction of sp³-hybridized carbons (Fsp3) is 0.458. The number of methoxy groups -OCH3 is 1. The highest BCUT2D eigenvalue weighted by molar-refractivity contribution is 6.31. The second-order valence-corrected chi connectivity index (χ2v) is 8.50. The Morgan fingerprint density at radius 1 is 1.17 bits per heavy atom. The van der Waals surface area contributed by atoms with Crippen molar-refractivity contribution in [2.45, 2.75) is 44.2 Å². The fourth-order valence-corrected chi connectivity index (χ4v) is 5.19. The third kappa shape index (κ3) is 4.01. The molecule has 0 spiro atoms. The zero-order chi connectivity index (χ0) is 20.4. The molecule has 1 heterocycles. The summed E-state index contributed by atoms with van der Waals surface area (Å²) in [6, 6.07) is 14.2. The van der Waals surface area contributed by atoms with E-state index in [9.17, 15) is 4.79 Å². The van der Waals surface area contributed by atoms with Crippen LogP contribution >= 0.6 is 11.6 Å². The van der Waals surface area contributed by atoms with Crippen molar-refractivity contribution >= 4 is 17.5 Å². The number of ether oxygens (including phenoxy) is 1. The maximum Gasteiger partial charge on any atom is 0.227 e. The number of nitrogens with zero attached hydrogens (tertiary/aromatic N) is 2. The van der Waals surface area contributed by atoms with Crippen LogP contribution in [0.25, 0.3) is 0 Å². The van der Waals surface area contributed by atoms with Gasteiger partial charge in [-0.25, -0.2) is 0 Å². The van der Waals surface area contributed by atoms with Crippen molar-refractivity contribution in [1.29, 1.82) is 0 Å². The lowest BCUT2D eigenvalue weighted by atomic mass is 9.81. The summed E-state index contributed by atoms with van der Waals surface area (Å²) < 4.78 is 5.64. The molecular weight excluding hydrogens is 384 g/mol. The lowest BCUT2D eigenvalue weighted by Gasteiger charge is -2.44. The molecule has 1 aliphatic heterocycles. The zero-order valence-corrected chi connectivity index (χ0v) is 18.0. The van der Waals surface area contributed by atoms with E-state index in [1.807, 2.05) is 48.3 Å². The van der Waals surface area contributed by atoms with Gasteiger partial charge in [-0.15, -0.1) is 0 Å². The first-order valence-corrected chi connectivity index (χ1v) is 10.9. The molecular formula is C24H29ClN2O2. The number of benzene rings is 2. The van der Waals surface area contributed by atoms with E-state index in [1.54, 1.807) is 7.11 Å². The van der Waals surface area contributed by atoms with Crippen LogP contribution in [0.2, 0.25) is 5.02 Å². The molecule has 1 saturated heterocycles. The van der Waals surface area contributed by atoms with Gasteiger partial charge in [0, 0.05) is 18.1 Å². The molecule has 0 bridgehead atoms. The van der Waals surface area contributed by atoms with E-state index in [0.29, 0.717) is 17.5 Å². The molecule has 1 amide bonds. The number of carbonyl (C=O) groups is 1. The monoisotopic (exact) mass is 412 g/mol. The number of amides is 1. The zero-order valence-electron chi connectivity index (χ0n) is 17.2. The number of fused-ring (bicyclic) bond motifs is 1. The molecule has 1 fully saturated rings. The molecule has 0 unspecified atom stereocenters. The average molecular weight is 413 g/mol. The minimum atomic E-state index is 0.0296. The molecule has 4 rings (SSSR count). The Balaban J connectivity index is 1.67. The van der Waals surface area contributed by atoms with E-state index in [4.69, 9.17) is 16.3 Å². The van der Waals surface area contributed by atoms with Crippen LogP contribution in [-0.2, 0) is 17.6 Å². The number of likely N-dealkylation sites (N-methyl/N-ethyl adjacent to an activating group) is 1. The van der Waals surface area contributed by atoms with E-state index >= 15 is 0 Å². The summed E-state index contributed by atoms with van der Waals surface area (Å²) >= 11 is 6.32. The second kappa shape index (κ2) is 8.76. The molecule has 0 saturated carbocycles. The third-order valence-electron chi connectivity index (χ3n) is 6.48. The Morgan fingerprint density at radius 3 is 2.66 bits per heavy atom. The summed E-state index contributed by atoms with van der Waals surface area (Å²) in [4.78, 5) is 17.8. The van der Waals surface area contributed by atoms with Crippen LogP contribution in [0.5, 0.6) is 5.75 Å². The number of halogens is 1. The highest BCUT2D eigenvalue weighted by Gasteiger charge is 2.39. The summed E-state index contributed by atoms with van der Waals surface area (Å²) in [5, 5.41) is 0.649. The van der Waals surface area contributed by atoms with Gasteiger partial charge in [-0.3, -0.25) is 9.69 Å². The molecule has 2 atom stereocenters. The first-order valence-electron chi connectivity index (χ1n) is 10.5. The second-order valence-electron chi connectivity index (χ2n) is 8.09. The molecule has 29 heavy (non-hydrogen) atoms. The smallest absolute Gasteiger partial charge is 0.227 e. The number of carbonyl (C=O) groups excluding carboxylic acids is 1. The van der Waals surface area contributed by atoms with Crippen LogP contribution in [0, 0.1) is 0 Å². The molecule has 2 aromatic carbocycles. The van der Waals surface area contributed by atoms with Crippen molar-refractivity contribution in [3.63, 3.8) is 0 Å². The van der Waals surface area contributed by atoms with Gasteiger partial charge in [-0.1, -0.05) is 41.9 Å². The van der Waals surface area contributed by atoms with E-state index in [-0.39, 0.29) is 11.9 Å². The standard InChI is InChI=1S/C24H29ClN2O2/c1-26(23(28)16-17-8-3-4-10-20(17)25)24-19-9-7-11-22(29-2)18(19)12-13-21(24)27-14-5-6-15-27/h3-4,7-11,21,24H,5-6,12-16H2,1-2H3/t21-,24-/m0/s1. The fourth-order valence-electron chi connectivity index (χ4n) is 4.98. The van der Waals surface area contributed by atoms with Crippen LogP contribution in [0.4, 0.5) is 0 Å². The molecule has 2 aliphatic rings. The number of rotatable bonds is 5. The molecule has 1 aliphatic carbocycles. The number of likely N-dealkylation sites (tertiary alicyclic amines) is 1. The predicted molar refractivity (Wildman–Crippen MR) is 117 cm³/mol. The van der Waals surface area contributed by atoms with Gasteiger partial charge in [0.05, 0.1) is 19.6 Å². The summed E-state index contributed by atoms with van der Waals surface area (Å²) in [6.45, 7) is 2.24. The molecule has 0 N–H and O–H groups in total. The van der Waals surface area contributed by atoms with Crippen LogP contribution in [-0.4, -0.2) is 49.0 Å². The summed E-state index contributed by atoms with van der Waals surface area (Å²) in [7, 11) is 3.67. The van der Waals surface area contributed by atoms with E-state index < -0.39 is 0 Å². The topological polar surface area (TPSA) is 32.8 Å². The van der Waals surface area contributed by atoms with Crippen molar-refractivity contribution in [3.8, 4) is 5.75 Å². The first kappa shape index (κ1) is 20.2. The predicted octanol–water partition coefficient (Wildman–Crippen LogP) is 4.50. The highest BCUT2D eigenvalue weighted by Crippen LogP contribution is 2.41. The van der Waals surface area contributed by atoms with E-state index in [1.165, 1.54) is 24.0 Å². The SMILES string of the molecule is COc1cccc2c1CC[C@H](N1CCCC1)[C@H]2N(C)C(=O)Cc1ccccc1Cl. The molecule has 2 aromatic rings. The lowest BCUT2D eigenvalue weighted by molar-refractivity contribution is -0.133. The Morgan fingerprint density at radius 2 is 1.93 bits per heavy atom. The van der Waals surface area contributed by atoms with Crippen molar-refractivity contribution in [3.05, 3.63) is 64.2 Å².